The van der Waals surface area contributed by atoms with Gasteiger partial charge in [-0.15, -0.1) is 4.72 Å². The van der Waals surface area contributed by atoms with E-state index in [2.05, 4.69) is 4.72 Å². The predicted molar refractivity (Wildman–Crippen MR) is 122 cm³/mol. The first-order valence-corrected chi connectivity index (χ1v) is 12.5. The van der Waals surface area contributed by atoms with E-state index in [0.29, 0.717) is 26.1 Å². The molecule has 35 heavy (non-hydrogen) atoms. The van der Waals surface area contributed by atoms with Crippen LogP contribution < -0.4 is 10.0 Å². The number of nitrogens with zero attached hydrogens (tertiary/aromatic N) is 1. The van der Waals surface area contributed by atoms with Gasteiger partial charge in [0.05, 0.1) is 12.5 Å². The van der Waals surface area contributed by atoms with Crippen LogP contribution in [0.3, 0.4) is 0 Å². The lowest BCUT2D eigenvalue weighted by Crippen LogP contribution is -2.62. The van der Waals surface area contributed by atoms with E-state index in [1.54, 1.807) is 20.8 Å². The number of halogens is 3. The number of carbonyl (C=O) groups excluding carboxylic acids is 3. The van der Waals surface area contributed by atoms with E-state index in [1.807, 2.05) is 5.32 Å². The molecule has 1 aromatic rings. The molecule has 2 fully saturated rings. The Labute approximate surface area is 205 Å². The molecule has 0 aromatic heterocycles. The molecule has 2 aliphatic rings. The van der Waals surface area contributed by atoms with Gasteiger partial charge in [0.2, 0.25) is 11.8 Å². The average Bonchev–Trinajstić information content (AvgIpc) is 2.76. The molecule has 4 amide bonds. The summed E-state index contributed by atoms with van der Waals surface area (Å²) in [6, 6.07) is 3.14. The number of barbiturate groups is 1. The lowest BCUT2D eigenvalue weighted by atomic mass is 9.85. The first-order chi connectivity index (χ1) is 16.3. The van der Waals surface area contributed by atoms with Gasteiger partial charge in [0.15, 0.2) is 0 Å². The smallest absolute Gasteiger partial charge is 0.331 e. The minimum absolute atomic E-state index is 0.0746. The molecule has 0 spiro atoms. The Morgan fingerprint density at radius 3 is 2.49 bits per heavy atom. The maximum Gasteiger partial charge on any atom is 0.331 e. The number of benzene rings is 1. The number of amides is 4. The molecule has 0 radical (unpaired) electrons. The molecule has 8 nitrogen and oxygen atoms in total. The Bertz CT molecular complexity index is 953. The summed E-state index contributed by atoms with van der Waals surface area (Å²) >= 11 is -1.69. The Hall–Kier alpha value is -2.15. The van der Waals surface area contributed by atoms with Crippen LogP contribution in [0, 0.1) is 11.7 Å². The van der Waals surface area contributed by atoms with Crippen molar-refractivity contribution in [2.45, 2.75) is 62.7 Å². The zero-order valence-corrected chi connectivity index (χ0v) is 20.6. The summed E-state index contributed by atoms with van der Waals surface area (Å²) in [5, 5.41) is 2.02. The molecular formula is C23H30F3N3O5S. The van der Waals surface area contributed by atoms with Crippen LogP contribution in [0.5, 0.6) is 0 Å². The summed E-state index contributed by atoms with van der Waals surface area (Å²) in [6.45, 7) is 5.10. The van der Waals surface area contributed by atoms with Gasteiger partial charge < -0.3 is 9.29 Å². The van der Waals surface area contributed by atoms with Gasteiger partial charge in [-0.1, -0.05) is 12.1 Å². The lowest BCUT2D eigenvalue weighted by Gasteiger charge is -2.39. The maximum absolute atomic E-state index is 15.7. The summed E-state index contributed by atoms with van der Waals surface area (Å²) < 4.78 is 64.9. The number of imide groups is 2. The van der Waals surface area contributed by atoms with Gasteiger partial charge in [-0.25, -0.2) is 18.0 Å². The highest BCUT2D eigenvalue weighted by Gasteiger charge is 2.51. The first kappa shape index (κ1) is 27.4. The summed E-state index contributed by atoms with van der Waals surface area (Å²) in [4.78, 5) is 38.7. The summed E-state index contributed by atoms with van der Waals surface area (Å²) in [6.07, 6.45) is -0.522. The van der Waals surface area contributed by atoms with Gasteiger partial charge in [-0.3, -0.25) is 19.8 Å². The zero-order valence-electron chi connectivity index (χ0n) is 19.8. The van der Waals surface area contributed by atoms with Gasteiger partial charge in [-0.2, -0.15) is 0 Å². The number of ether oxygens (including phenoxy) is 1. The van der Waals surface area contributed by atoms with Gasteiger partial charge in [0, 0.05) is 37.0 Å². The third-order valence-corrected chi connectivity index (χ3v) is 7.61. The lowest BCUT2D eigenvalue weighted by molar-refractivity contribution is -0.151. The van der Waals surface area contributed by atoms with Crippen LogP contribution in [-0.4, -0.2) is 63.8 Å². The van der Waals surface area contributed by atoms with Crippen molar-refractivity contribution >= 4 is 29.2 Å². The van der Waals surface area contributed by atoms with Crippen molar-refractivity contribution in [3.05, 3.63) is 35.6 Å². The molecule has 3 rings (SSSR count). The molecule has 194 valence electrons. The molecule has 12 heteroatoms. The Morgan fingerprint density at radius 2 is 1.89 bits per heavy atom. The highest BCUT2D eigenvalue weighted by molar-refractivity contribution is 7.90. The largest absolute Gasteiger partial charge is 0.598 e. The van der Waals surface area contributed by atoms with Crippen LogP contribution in [-0.2, 0) is 25.7 Å². The number of alkyl halides is 2. The monoisotopic (exact) mass is 517 g/mol. The molecule has 0 aliphatic carbocycles. The third kappa shape index (κ3) is 6.54. The molecule has 2 N–H and O–H groups in total. The number of nitrogens with one attached hydrogen (secondary N) is 2. The number of hydrogen-bond acceptors (Lipinski definition) is 6. The molecule has 0 saturated carbocycles. The fourth-order valence-electron chi connectivity index (χ4n) is 4.13. The Morgan fingerprint density at radius 1 is 1.23 bits per heavy atom. The second kappa shape index (κ2) is 10.9. The molecule has 3 atom stereocenters. The number of hydrogen-bond donors (Lipinski definition) is 2. The van der Waals surface area contributed by atoms with Gasteiger partial charge in [-0.05, 0) is 51.3 Å². The minimum atomic E-state index is -3.69. The van der Waals surface area contributed by atoms with Crippen LogP contribution in [0.2, 0.25) is 0 Å². The Balaban J connectivity index is 1.86. The molecule has 2 heterocycles. The second-order valence-corrected chi connectivity index (χ2v) is 11.8. The molecule has 0 bridgehead atoms. The van der Waals surface area contributed by atoms with Gasteiger partial charge >= 0.3 is 6.03 Å². The standard InChI is InChI=1S/C23H30F3N3O5S/c1-22(2,3)35(33)27-13-18(14-5-4-6-15(24)11-14)23(25,26)12-17-19(30)28-21(32)29(20(17)31)16-7-9-34-10-8-16/h4-6,11,16-18,27H,7-10,12-13H2,1-3H3,(H,28,30,32)/t17?,18?,35-/m0/s1. The van der Waals surface area contributed by atoms with Gasteiger partial charge in [0.25, 0.3) is 5.92 Å². The van der Waals surface area contributed by atoms with E-state index in [1.165, 1.54) is 12.1 Å². The fourth-order valence-corrected chi connectivity index (χ4v) is 4.88. The molecular weight excluding hydrogens is 487 g/mol. The van der Waals surface area contributed by atoms with Crippen molar-refractivity contribution in [2.75, 3.05) is 19.8 Å². The third-order valence-electron chi connectivity index (χ3n) is 6.07. The van der Waals surface area contributed by atoms with Crippen molar-refractivity contribution in [3.63, 3.8) is 0 Å². The molecule has 1 aromatic carbocycles. The highest BCUT2D eigenvalue weighted by atomic mass is 32.2. The summed E-state index contributed by atoms with van der Waals surface area (Å²) in [7, 11) is 0. The molecule has 2 aliphatic heterocycles. The number of rotatable bonds is 8. The summed E-state index contributed by atoms with van der Waals surface area (Å²) in [5.74, 6) is -10.0. The topological polar surface area (TPSA) is 111 Å². The van der Waals surface area contributed by atoms with Crippen molar-refractivity contribution in [1.29, 1.82) is 0 Å². The highest BCUT2D eigenvalue weighted by Crippen LogP contribution is 2.40. The normalized spacial score (nSPS) is 22.2. The van der Waals surface area contributed by atoms with Crippen molar-refractivity contribution in [2.24, 2.45) is 5.92 Å². The first-order valence-electron chi connectivity index (χ1n) is 11.4. The summed E-state index contributed by atoms with van der Waals surface area (Å²) in [5.41, 5.74) is -0.0746. The van der Waals surface area contributed by atoms with Crippen molar-refractivity contribution in [1.82, 2.24) is 14.9 Å². The van der Waals surface area contributed by atoms with Crippen LogP contribution in [0.4, 0.5) is 18.0 Å². The van der Waals surface area contributed by atoms with E-state index >= 15 is 8.78 Å². The van der Waals surface area contributed by atoms with E-state index in [9.17, 15) is 23.3 Å². The fraction of sp³-hybridized carbons (Fsp3) is 0.609. The van der Waals surface area contributed by atoms with Crippen molar-refractivity contribution < 1.29 is 36.8 Å². The molecule has 2 unspecified atom stereocenters. The van der Waals surface area contributed by atoms with Crippen LogP contribution in [0.25, 0.3) is 0 Å². The number of carbonyl (C=O) groups is 3. The quantitative estimate of drug-likeness (QED) is 0.405. The van der Waals surface area contributed by atoms with E-state index in [-0.39, 0.29) is 5.56 Å². The predicted octanol–water partition coefficient (Wildman–Crippen LogP) is 2.86. The average molecular weight is 518 g/mol. The number of urea groups is 1. The van der Waals surface area contributed by atoms with E-state index in [0.717, 1.165) is 17.0 Å². The minimum Gasteiger partial charge on any atom is -0.598 e. The SMILES string of the molecule is CC(C)(C)[S@+]([O-])NCC(c1cccc(F)c1)C(F)(F)CC1C(=O)NC(=O)N(C2CCOCC2)C1=O. The van der Waals surface area contributed by atoms with Crippen LogP contribution >= 0.6 is 0 Å². The van der Waals surface area contributed by atoms with Crippen LogP contribution in [0.15, 0.2) is 24.3 Å². The Kier molecular flexibility index (Phi) is 8.51. The van der Waals surface area contributed by atoms with Crippen LogP contribution in [0.1, 0.15) is 51.5 Å². The van der Waals surface area contributed by atoms with E-state index < -0.39 is 76.5 Å². The molecule has 2 saturated heterocycles. The van der Waals surface area contributed by atoms with Gasteiger partial charge in [0.1, 0.15) is 16.5 Å². The van der Waals surface area contributed by atoms with E-state index in [4.69, 9.17) is 4.74 Å². The van der Waals surface area contributed by atoms with Crippen molar-refractivity contribution in [3.8, 4) is 0 Å². The maximum atomic E-state index is 15.7. The second-order valence-electron chi connectivity index (χ2n) is 9.70. The zero-order chi connectivity index (χ0) is 26.0.